The third kappa shape index (κ3) is 4.93. The molecule has 2 aromatic carbocycles. The second kappa shape index (κ2) is 9.04. The number of benzene rings is 2. The fraction of sp³-hybridized carbons (Fsp3) is 0.0909. The minimum atomic E-state index is -0.356. The zero-order valence-corrected chi connectivity index (χ0v) is 17.0. The molecule has 4 rings (SSSR count). The Hall–Kier alpha value is -4.60. The number of Topliss-reactive ketones (excluding diaryl/α,β-unsaturated/α-hetero) is 1. The molecule has 0 bridgehead atoms. The lowest BCUT2D eigenvalue weighted by molar-refractivity contribution is -0.117. The van der Waals surface area contributed by atoms with Crippen LogP contribution in [-0.4, -0.2) is 37.8 Å². The summed E-state index contributed by atoms with van der Waals surface area (Å²) in [6, 6.07) is 16.7. The molecule has 160 valence electrons. The maximum absolute atomic E-state index is 12.3. The van der Waals surface area contributed by atoms with E-state index in [2.05, 4.69) is 26.0 Å². The lowest BCUT2D eigenvalue weighted by atomic mass is 10.1. The van der Waals surface area contributed by atoms with E-state index in [0.29, 0.717) is 28.3 Å². The molecule has 4 aromatic rings. The number of tetrazole rings is 1. The number of hydrogen-bond acceptors (Lipinski definition) is 7. The van der Waals surface area contributed by atoms with E-state index in [1.165, 1.54) is 18.0 Å². The number of rotatable bonds is 7. The van der Waals surface area contributed by atoms with Crippen LogP contribution in [0.2, 0.25) is 0 Å². The van der Waals surface area contributed by atoms with Crippen LogP contribution in [-0.2, 0) is 11.3 Å². The van der Waals surface area contributed by atoms with Gasteiger partial charge in [-0.1, -0.05) is 12.1 Å². The highest BCUT2D eigenvalue weighted by Gasteiger charge is 2.12. The quantitative estimate of drug-likeness (QED) is 0.431. The Balaban J connectivity index is 1.37. The lowest BCUT2D eigenvalue weighted by Gasteiger charge is -2.05. The summed E-state index contributed by atoms with van der Waals surface area (Å²) in [5, 5.41) is 17.5. The van der Waals surface area contributed by atoms with Gasteiger partial charge in [0.15, 0.2) is 11.5 Å². The number of aromatic nitrogens is 4. The maximum Gasteiger partial charge on any atom is 0.291 e. The summed E-state index contributed by atoms with van der Waals surface area (Å²) >= 11 is 0. The molecule has 0 radical (unpaired) electrons. The van der Waals surface area contributed by atoms with Crippen molar-refractivity contribution in [2.75, 3.05) is 10.6 Å². The van der Waals surface area contributed by atoms with Gasteiger partial charge in [-0.15, -0.1) is 10.2 Å². The van der Waals surface area contributed by atoms with Crippen LogP contribution in [0.15, 0.2) is 71.3 Å². The molecular weight excluding hydrogens is 412 g/mol. The van der Waals surface area contributed by atoms with Crippen LogP contribution >= 0.6 is 0 Å². The maximum atomic E-state index is 12.3. The molecule has 2 aromatic heterocycles. The van der Waals surface area contributed by atoms with Gasteiger partial charge < -0.3 is 15.1 Å². The molecule has 0 fully saturated rings. The fourth-order valence-corrected chi connectivity index (χ4v) is 2.87. The number of hydrogen-bond donors (Lipinski definition) is 2. The Bertz CT molecular complexity index is 1260. The SMILES string of the molecule is CC(=O)c1cccc(NC(=O)Cn2nnc(-c3ccc(NC(=O)c4ccco4)cc3)n2)c1. The Morgan fingerprint density at radius 2 is 1.78 bits per heavy atom. The van der Waals surface area contributed by atoms with Gasteiger partial charge >= 0.3 is 0 Å². The van der Waals surface area contributed by atoms with Crippen molar-refractivity contribution >= 4 is 29.0 Å². The van der Waals surface area contributed by atoms with Crippen LogP contribution < -0.4 is 10.6 Å². The van der Waals surface area contributed by atoms with Crippen molar-refractivity contribution in [3.63, 3.8) is 0 Å². The first kappa shape index (κ1) is 20.7. The standard InChI is InChI=1S/C22H18N6O4/c1-14(29)16-4-2-5-18(12-16)23-20(30)13-28-26-21(25-27-28)15-7-9-17(10-8-15)24-22(31)19-6-3-11-32-19/h2-12H,13H2,1H3,(H,23,30)(H,24,31). The molecule has 0 spiro atoms. The number of carbonyl (C=O) groups is 3. The first-order chi connectivity index (χ1) is 15.5. The van der Waals surface area contributed by atoms with Crippen LogP contribution in [0.4, 0.5) is 11.4 Å². The zero-order chi connectivity index (χ0) is 22.5. The molecule has 0 saturated heterocycles. The van der Waals surface area contributed by atoms with Gasteiger partial charge in [-0.3, -0.25) is 14.4 Å². The molecule has 0 aliphatic heterocycles. The van der Waals surface area contributed by atoms with E-state index in [1.807, 2.05) is 0 Å². The van der Waals surface area contributed by atoms with Crippen molar-refractivity contribution in [3.8, 4) is 11.4 Å². The van der Waals surface area contributed by atoms with Crippen molar-refractivity contribution < 1.29 is 18.8 Å². The van der Waals surface area contributed by atoms with Crippen LogP contribution in [0, 0.1) is 0 Å². The minimum Gasteiger partial charge on any atom is -0.459 e. The molecule has 0 aliphatic rings. The van der Waals surface area contributed by atoms with Gasteiger partial charge in [0.1, 0.15) is 6.54 Å². The molecule has 2 amide bonds. The fourth-order valence-electron chi connectivity index (χ4n) is 2.87. The Labute approximate surface area is 182 Å². The van der Waals surface area contributed by atoms with E-state index in [9.17, 15) is 14.4 Å². The number of anilines is 2. The third-order valence-corrected chi connectivity index (χ3v) is 4.44. The number of nitrogens with zero attached hydrogens (tertiary/aromatic N) is 4. The van der Waals surface area contributed by atoms with Crippen molar-refractivity contribution in [2.24, 2.45) is 0 Å². The van der Waals surface area contributed by atoms with Gasteiger partial charge in [-0.25, -0.2) is 0 Å². The summed E-state index contributed by atoms with van der Waals surface area (Å²) in [6.07, 6.45) is 1.43. The smallest absolute Gasteiger partial charge is 0.291 e. The van der Waals surface area contributed by atoms with E-state index in [0.717, 1.165) is 0 Å². The molecule has 0 saturated carbocycles. The van der Waals surface area contributed by atoms with E-state index < -0.39 is 0 Å². The van der Waals surface area contributed by atoms with E-state index >= 15 is 0 Å². The normalized spacial score (nSPS) is 10.5. The summed E-state index contributed by atoms with van der Waals surface area (Å²) in [7, 11) is 0. The summed E-state index contributed by atoms with van der Waals surface area (Å²) in [4.78, 5) is 36.9. The topological polar surface area (TPSA) is 132 Å². The highest BCUT2D eigenvalue weighted by Crippen LogP contribution is 2.18. The van der Waals surface area contributed by atoms with E-state index in [-0.39, 0.29) is 29.9 Å². The van der Waals surface area contributed by atoms with Crippen molar-refractivity contribution in [1.29, 1.82) is 0 Å². The lowest BCUT2D eigenvalue weighted by Crippen LogP contribution is -2.20. The van der Waals surface area contributed by atoms with Gasteiger partial charge in [-0.2, -0.15) is 4.80 Å². The highest BCUT2D eigenvalue weighted by molar-refractivity contribution is 6.02. The molecule has 10 nitrogen and oxygen atoms in total. The van der Waals surface area contributed by atoms with Crippen LogP contribution in [0.3, 0.4) is 0 Å². The van der Waals surface area contributed by atoms with Crippen LogP contribution in [0.1, 0.15) is 27.8 Å². The summed E-state index contributed by atoms with van der Waals surface area (Å²) in [6.45, 7) is 1.32. The monoisotopic (exact) mass is 430 g/mol. The Kier molecular flexibility index (Phi) is 5.84. The molecule has 10 heteroatoms. The molecule has 0 aliphatic carbocycles. The Morgan fingerprint density at radius 3 is 2.50 bits per heavy atom. The van der Waals surface area contributed by atoms with Crippen molar-refractivity contribution in [3.05, 3.63) is 78.3 Å². The molecule has 0 atom stereocenters. The average Bonchev–Trinajstić information content (AvgIpc) is 3.47. The predicted octanol–water partition coefficient (Wildman–Crippen LogP) is 3.03. The van der Waals surface area contributed by atoms with E-state index in [4.69, 9.17) is 4.42 Å². The number of ketones is 1. The second-order valence-electron chi connectivity index (χ2n) is 6.84. The van der Waals surface area contributed by atoms with Gasteiger partial charge in [0.25, 0.3) is 5.91 Å². The third-order valence-electron chi connectivity index (χ3n) is 4.44. The first-order valence-corrected chi connectivity index (χ1v) is 9.62. The van der Waals surface area contributed by atoms with Crippen LogP contribution in [0.25, 0.3) is 11.4 Å². The molecule has 0 unspecified atom stereocenters. The average molecular weight is 430 g/mol. The van der Waals surface area contributed by atoms with Gasteiger partial charge in [0, 0.05) is 22.5 Å². The van der Waals surface area contributed by atoms with E-state index in [1.54, 1.807) is 60.7 Å². The number of carbonyl (C=O) groups excluding carboxylic acids is 3. The zero-order valence-electron chi connectivity index (χ0n) is 17.0. The van der Waals surface area contributed by atoms with Gasteiger partial charge in [0.05, 0.1) is 6.26 Å². The molecule has 2 N–H and O–H groups in total. The number of furan rings is 1. The van der Waals surface area contributed by atoms with Crippen LogP contribution in [0.5, 0.6) is 0 Å². The summed E-state index contributed by atoms with van der Waals surface area (Å²) < 4.78 is 5.06. The predicted molar refractivity (Wildman–Crippen MR) is 115 cm³/mol. The highest BCUT2D eigenvalue weighted by atomic mass is 16.3. The summed E-state index contributed by atoms with van der Waals surface area (Å²) in [5.41, 5.74) is 2.26. The second-order valence-corrected chi connectivity index (χ2v) is 6.84. The molecular formula is C22H18N6O4. The van der Waals surface area contributed by atoms with Gasteiger partial charge in [-0.05, 0) is 60.7 Å². The molecule has 32 heavy (non-hydrogen) atoms. The van der Waals surface area contributed by atoms with Crippen molar-refractivity contribution in [2.45, 2.75) is 13.5 Å². The summed E-state index contributed by atoms with van der Waals surface area (Å²) in [5.74, 6) is -0.252. The number of amides is 2. The van der Waals surface area contributed by atoms with Gasteiger partial charge in [0.2, 0.25) is 11.7 Å². The largest absolute Gasteiger partial charge is 0.459 e. The Morgan fingerprint density at radius 1 is 0.969 bits per heavy atom. The minimum absolute atomic E-state index is 0.0877. The number of nitrogens with one attached hydrogen (secondary N) is 2. The van der Waals surface area contributed by atoms with Crippen molar-refractivity contribution in [1.82, 2.24) is 20.2 Å². The molecule has 2 heterocycles. The first-order valence-electron chi connectivity index (χ1n) is 9.62.